The second-order valence-electron chi connectivity index (χ2n) is 6.67. The van der Waals surface area contributed by atoms with Crippen LogP contribution in [0.3, 0.4) is 0 Å². The molecule has 2 rings (SSSR count). The summed E-state index contributed by atoms with van der Waals surface area (Å²) in [7, 11) is 0.633. The fourth-order valence-electron chi connectivity index (χ4n) is 3.09. The molecule has 1 saturated carbocycles. The van der Waals surface area contributed by atoms with Crippen molar-refractivity contribution in [3.8, 4) is 5.75 Å². The normalized spacial score (nSPS) is 17.0. The van der Waals surface area contributed by atoms with E-state index < -0.39 is 10.0 Å². The van der Waals surface area contributed by atoms with Crippen LogP contribution in [0.25, 0.3) is 0 Å². The number of sulfonamides is 1. The summed E-state index contributed by atoms with van der Waals surface area (Å²) in [6, 6.07) is 4.69. The molecule has 0 aliphatic heterocycles. The first-order valence-electron chi connectivity index (χ1n) is 8.77. The summed E-state index contributed by atoms with van der Waals surface area (Å²) in [5, 5.41) is 3.06. The van der Waals surface area contributed by atoms with E-state index in [1.807, 2.05) is 0 Å². The first-order chi connectivity index (χ1) is 11.9. The maximum Gasteiger partial charge on any atom is 0.251 e. The minimum Gasteiger partial charge on any atom is -0.495 e. The summed E-state index contributed by atoms with van der Waals surface area (Å²) < 4.78 is 31.2. The molecule has 1 aliphatic carbocycles. The van der Waals surface area contributed by atoms with Gasteiger partial charge in [0.25, 0.3) is 5.91 Å². The van der Waals surface area contributed by atoms with Gasteiger partial charge in [0.2, 0.25) is 10.0 Å². The van der Waals surface area contributed by atoms with Crippen LogP contribution in [-0.2, 0) is 10.0 Å². The highest BCUT2D eigenvalue weighted by molar-refractivity contribution is 7.89. The Balaban J connectivity index is 2.22. The molecule has 0 spiro atoms. The third-order valence-corrected chi connectivity index (χ3v) is 6.46. The summed E-state index contributed by atoms with van der Waals surface area (Å²) >= 11 is 0. The van der Waals surface area contributed by atoms with E-state index in [-0.39, 0.29) is 22.6 Å². The molecule has 0 atom stereocenters. The average Bonchev–Trinajstić information content (AvgIpc) is 2.56. The van der Waals surface area contributed by atoms with Crippen molar-refractivity contribution < 1.29 is 17.9 Å². The van der Waals surface area contributed by atoms with Gasteiger partial charge < -0.3 is 10.1 Å². The van der Waals surface area contributed by atoms with Gasteiger partial charge in [0.05, 0.1) is 7.11 Å². The number of hydrogen-bond donors (Lipinski definition) is 1. The quantitative estimate of drug-likeness (QED) is 0.867. The minimum atomic E-state index is -3.69. The molecule has 0 saturated heterocycles. The van der Waals surface area contributed by atoms with Crippen LogP contribution in [0.4, 0.5) is 0 Å². The van der Waals surface area contributed by atoms with E-state index in [1.165, 1.54) is 52.6 Å². The molecule has 140 valence electrons. The molecular weight excluding hydrogens is 340 g/mol. The Hall–Kier alpha value is -1.60. The number of benzene rings is 1. The van der Waals surface area contributed by atoms with E-state index in [0.717, 1.165) is 30.0 Å². The zero-order valence-corrected chi connectivity index (χ0v) is 16.1. The standard InChI is InChI=1S/C18H28N2O4S/c1-20(2)25(22,23)17-13-14(11-12-16(17)24-3)18(21)19-15-9-7-5-4-6-8-10-15/h11-13,15H,4-10H2,1-3H3,(H,19,21). The minimum absolute atomic E-state index is 0.00492. The van der Waals surface area contributed by atoms with Crippen molar-refractivity contribution in [2.75, 3.05) is 21.2 Å². The third kappa shape index (κ3) is 4.95. The molecule has 7 heteroatoms. The van der Waals surface area contributed by atoms with Crippen LogP contribution in [-0.4, -0.2) is 45.9 Å². The highest BCUT2D eigenvalue weighted by Crippen LogP contribution is 2.27. The maximum atomic E-state index is 12.6. The lowest BCUT2D eigenvalue weighted by Gasteiger charge is -2.21. The van der Waals surface area contributed by atoms with Crippen LogP contribution >= 0.6 is 0 Å². The monoisotopic (exact) mass is 368 g/mol. The van der Waals surface area contributed by atoms with Crippen LogP contribution in [0.5, 0.6) is 5.75 Å². The topological polar surface area (TPSA) is 75.7 Å². The number of amides is 1. The van der Waals surface area contributed by atoms with E-state index in [1.54, 1.807) is 6.07 Å². The molecule has 1 N–H and O–H groups in total. The molecule has 0 heterocycles. The van der Waals surface area contributed by atoms with E-state index in [9.17, 15) is 13.2 Å². The van der Waals surface area contributed by atoms with Gasteiger partial charge in [0.15, 0.2) is 0 Å². The Kier molecular flexibility index (Phi) is 6.84. The number of hydrogen-bond acceptors (Lipinski definition) is 4. The number of methoxy groups -OCH3 is 1. The number of rotatable bonds is 5. The number of nitrogens with one attached hydrogen (secondary N) is 1. The summed E-state index contributed by atoms with van der Waals surface area (Å²) in [5.41, 5.74) is 0.336. The Labute approximate surface area is 150 Å². The van der Waals surface area contributed by atoms with Crippen molar-refractivity contribution in [2.45, 2.75) is 55.9 Å². The van der Waals surface area contributed by atoms with Gasteiger partial charge in [-0.3, -0.25) is 4.79 Å². The Morgan fingerprint density at radius 3 is 2.28 bits per heavy atom. The summed E-state index contributed by atoms with van der Waals surface area (Å²) in [4.78, 5) is 12.6. The molecule has 0 radical (unpaired) electrons. The molecule has 0 unspecified atom stereocenters. The van der Waals surface area contributed by atoms with Crippen molar-refractivity contribution >= 4 is 15.9 Å². The largest absolute Gasteiger partial charge is 0.495 e. The van der Waals surface area contributed by atoms with Crippen molar-refractivity contribution in [3.63, 3.8) is 0 Å². The first-order valence-corrected chi connectivity index (χ1v) is 10.2. The fourth-order valence-corrected chi connectivity index (χ4v) is 4.16. The van der Waals surface area contributed by atoms with Gasteiger partial charge in [-0.25, -0.2) is 12.7 Å². The predicted molar refractivity (Wildman–Crippen MR) is 97.4 cm³/mol. The van der Waals surface area contributed by atoms with E-state index in [0.29, 0.717) is 5.56 Å². The van der Waals surface area contributed by atoms with E-state index >= 15 is 0 Å². The maximum absolute atomic E-state index is 12.6. The fraction of sp³-hybridized carbons (Fsp3) is 0.611. The number of carbonyl (C=O) groups is 1. The van der Waals surface area contributed by atoms with Crippen LogP contribution < -0.4 is 10.1 Å². The van der Waals surface area contributed by atoms with Crippen molar-refractivity contribution in [2.24, 2.45) is 0 Å². The first kappa shape index (κ1) is 19.7. The molecule has 25 heavy (non-hydrogen) atoms. The zero-order chi connectivity index (χ0) is 18.4. The van der Waals surface area contributed by atoms with Gasteiger partial charge in [0, 0.05) is 25.7 Å². The predicted octanol–water partition coefficient (Wildman–Crippen LogP) is 2.79. The molecule has 0 aromatic heterocycles. The third-order valence-electron chi connectivity index (χ3n) is 4.62. The average molecular weight is 368 g/mol. The summed E-state index contributed by atoms with van der Waals surface area (Å²) in [5.74, 6) is -0.000336. The van der Waals surface area contributed by atoms with Gasteiger partial charge in [-0.2, -0.15) is 0 Å². The lowest BCUT2D eigenvalue weighted by Crippen LogP contribution is -2.35. The molecular formula is C18H28N2O4S. The lowest BCUT2D eigenvalue weighted by molar-refractivity contribution is 0.0930. The summed E-state index contributed by atoms with van der Waals surface area (Å²) in [6.07, 6.45) is 7.88. The number of carbonyl (C=O) groups excluding carboxylic acids is 1. The van der Waals surface area contributed by atoms with E-state index in [2.05, 4.69) is 5.32 Å². The Bertz CT molecular complexity index is 693. The van der Waals surface area contributed by atoms with Crippen LogP contribution in [0.1, 0.15) is 55.3 Å². The summed E-state index contributed by atoms with van der Waals surface area (Å²) in [6.45, 7) is 0. The molecule has 1 fully saturated rings. The Morgan fingerprint density at radius 1 is 1.12 bits per heavy atom. The van der Waals surface area contributed by atoms with Gasteiger partial charge in [0.1, 0.15) is 10.6 Å². The van der Waals surface area contributed by atoms with Gasteiger partial charge in [-0.1, -0.05) is 32.1 Å². The number of nitrogens with zero attached hydrogens (tertiary/aromatic N) is 1. The van der Waals surface area contributed by atoms with Crippen LogP contribution in [0.2, 0.25) is 0 Å². The van der Waals surface area contributed by atoms with Crippen LogP contribution in [0.15, 0.2) is 23.1 Å². The molecule has 1 aromatic carbocycles. The van der Waals surface area contributed by atoms with E-state index in [4.69, 9.17) is 4.74 Å². The molecule has 0 bridgehead atoms. The van der Waals surface area contributed by atoms with Gasteiger partial charge in [-0.15, -0.1) is 0 Å². The smallest absolute Gasteiger partial charge is 0.251 e. The van der Waals surface area contributed by atoms with Crippen LogP contribution in [0, 0.1) is 0 Å². The SMILES string of the molecule is COc1ccc(C(=O)NC2CCCCCCC2)cc1S(=O)(=O)N(C)C. The molecule has 1 amide bonds. The highest BCUT2D eigenvalue weighted by Gasteiger charge is 2.24. The van der Waals surface area contributed by atoms with Gasteiger partial charge >= 0.3 is 0 Å². The second-order valence-corrected chi connectivity index (χ2v) is 8.79. The van der Waals surface area contributed by atoms with Crippen molar-refractivity contribution in [1.29, 1.82) is 0 Å². The molecule has 1 aliphatic rings. The molecule has 1 aromatic rings. The zero-order valence-electron chi connectivity index (χ0n) is 15.2. The lowest BCUT2D eigenvalue weighted by atomic mass is 9.96. The Morgan fingerprint density at radius 2 is 1.72 bits per heavy atom. The second kappa shape index (κ2) is 8.67. The molecule has 6 nitrogen and oxygen atoms in total. The highest BCUT2D eigenvalue weighted by atomic mass is 32.2. The number of ether oxygens (including phenoxy) is 1. The van der Waals surface area contributed by atoms with Crippen molar-refractivity contribution in [3.05, 3.63) is 23.8 Å². The van der Waals surface area contributed by atoms with Crippen molar-refractivity contribution in [1.82, 2.24) is 9.62 Å². The van der Waals surface area contributed by atoms with Gasteiger partial charge in [-0.05, 0) is 31.0 Å².